The van der Waals surface area contributed by atoms with Gasteiger partial charge in [-0.25, -0.2) is 9.37 Å². The number of amides is 1. The number of rotatable bonds is 6. The summed E-state index contributed by atoms with van der Waals surface area (Å²) in [6.07, 6.45) is 1.62. The van der Waals surface area contributed by atoms with Gasteiger partial charge in [-0.1, -0.05) is 18.2 Å². The van der Waals surface area contributed by atoms with Crippen molar-refractivity contribution in [3.8, 4) is 11.3 Å². The van der Waals surface area contributed by atoms with E-state index in [1.165, 1.54) is 12.1 Å². The van der Waals surface area contributed by atoms with E-state index in [0.717, 1.165) is 27.3 Å². The van der Waals surface area contributed by atoms with Crippen LogP contribution in [0.2, 0.25) is 0 Å². The lowest BCUT2D eigenvalue weighted by atomic mass is 10.1. The summed E-state index contributed by atoms with van der Waals surface area (Å²) < 4.78 is 18.8. The number of benzene rings is 2. The number of anilines is 1. The molecule has 140 valence electrons. The van der Waals surface area contributed by atoms with E-state index in [-0.39, 0.29) is 11.7 Å². The van der Waals surface area contributed by atoms with Gasteiger partial charge in [-0.15, -0.1) is 0 Å². The molecule has 0 bridgehead atoms. The van der Waals surface area contributed by atoms with Gasteiger partial charge in [-0.3, -0.25) is 4.79 Å². The van der Waals surface area contributed by atoms with Crippen molar-refractivity contribution in [1.82, 2.24) is 4.98 Å². The molecule has 27 heavy (non-hydrogen) atoms. The lowest BCUT2D eigenvalue weighted by Crippen LogP contribution is -3.08. The second-order valence-corrected chi connectivity index (χ2v) is 6.75. The number of oxazole rings is 1. The zero-order chi connectivity index (χ0) is 19.4. The van der Waals surface area contributed by atoms with Gasteiger partial charge in [0.1, 0.15) is 5.82 Å². The van der Waals surface area contributed by atoms with Crippen molar-refractivity contribution in [2.45, 2.75) is 20.4 Å². The number of quaternary nitrogens is 1. The number of aryl methyl sites for hydroxylation is 2. The van der Waals surface area contributed by atoms with Crippen LogP contribution in [-0.2, 0) is 11.3 Å². The normalized spacial score (nSPS) is 12.0. The number of para-hydroxylation sites is 1. The average Bonchev–Trinajstić information content (AvgIpc) is 3.07. The van der Waals surface area contributed by atoms with E-state index in [2.05, 4.69) is 10.3 Å². The van der Waals surface area contributed by atoms with E-state index < -0.39 is 0 Å². The standard InChI is InChI=1S/C21H22FN3O2/c1-14-5-4-6-15(2)21(14)24-19(26)12-25(3)13-20-23-11-18(27-20)16-7-9-17(22)10-8-16/h4-11H,12-13H2,1-3H3,(H,24,26)/p+1. The van der Waals surface area contributed by atoms with Crippen molar-refractivity contribution >= 4 is 11.6 Å². The minimum absolute atomic E-state index is 0.0600. The number of nitrogens with zero attached hydrogens (tertiary/aromatic N) is 1. The van der Waals surface area contributed by atoms with Gasteiger partial charge in [0.2, 0.25) is 0 Å². The number of halogens is 1. The third-order valence-electron chi connectivity index (χ3n) is 4.34. The Morgan fingerprint density at radius 3 is 2.48 bits per heavy atom. The number of aromatic nitrogens is 1. The second kappa shape index (κ2) is 8.14. The molecule has 1 unspecified atom stereocenters. The maximum Gasteiger partial charge on any atom is 0.279 e. The van der Waals surface area contributed by atoms with E-state index in [4.69, 9.17) is 4.42 Å². The molecule has 2 aromatic carbocycles. The molecule has 6 heteroatoms. The van der Waals surface area contributed by atoms with Crippen molar-refractivity contribution in [3.63, 3.8) is 0 Å². The third-order valence-corrected chi connectivity index (χ3v) is 4.34. The number of hydrogen-bond donors (Lipinski definition) is 2. The molecule has 0 saturated carbocycles. The quantitative estimate of drug-likeness (QED) is 0.703. The highest BCUT2D eigenvalue weighted by molar-refractivity contribution is 5.93. The Morgan fingerprint density at radius 1 is 1.15 bits per heavy atom. The van der Waals surface area contributed by atoms with E-state index in [0.29, 0.717) is 24.7 Å². The highest BCUT2D eigenvalue weighted by Crippen LogP contribution is 2.20. The van der Waals surface area contributed by atoms with Crippen LogP contribution in [-0.4, -0.2) is 24.5 Å². The first-order valence-corrected chi connectivity index (χ1v) is 8.80. The first kappa shape index (κ1) is 18.8. The summed E-state index contributed by atoms with van der Waals surface area (Å²) in [6, 6.07) is 12.0. The number of carbonyl (C=O) groups is 1. The van der Waals surface area contributed by atoms with Crippen molar-refractivity contribution in [3.05, 3.63) is 71.5 Å². The Labute approximate surface area is 157 Å². The molecule has 2 N–H and O–H groups in total. The van der Waals surface area contributed by atoms with Gasteiger partial charge in [0.05, 0.1) is 13.2 Å². The van der Waals surface area contributed by atoms with Gasteiger partial charge >= 0.3 is 0 Å². The summed E-state index contributed by atoms with van der Waals surface area (Å²) >= 11 is 0. The Kier molecular flexibility index (Phi) is 5.66. The Balaban J connectivity index is 1.58. The largest absolute Gasteiger partial charge is 0.435 e. The predicted octanol–water partition coefficient (Wildman–Crippen LogP) is 2.75. The fraction of sp³-hybridized carbons (Fsp3) is 0.238. The SMILES string of the molecule is Cc1cccc(C)c1NC(=O)C[NH+](C)Cc1ncc(-c2ccc(F)cc2)o1. The third kappa shape index (κ3) is 4.80. The summed E-state index contributed by atoms with van der Waals surface area (Å²) in [5.41, 5.74) is 3.71. The van der Waals surface area contributed by atoms with E-state index in [1.54, 1.807) is 18.3 Å². The van der Waals surface area contributed by atoms with Gasteiger partial charge in [0.15, 0.2) is 18.8 Å². The van der Waals surface area contributed by atoms with E-state index >= 15 is 0 Å². The number of carbonyl (C=O) groups excluding carboxylic acids is 1. The van der Waals surface area contributed by atoms with Crippen LogP contribution < -0.4 is 10.2 Å². The highest BCUT2D eigenvalue weighted by Gasteiger charge is 2.16. The van der Waals surface area contributed by atoms with Crippen molar-refractivity contribution in [2.24, 2.45) is 0 Å². The minimum Gasteiger partial charge on any atom is -0.435 e. The fourth-order valence-electron chi connectivity index (χ4n) is 2.93. The minimum atomic E-state index is -0.294. The molecule has 5 nitrogen and oxygen atoms in total. The number of hydrogen-bond acceptors (Lipinski definition) is 3. The summed E-state index contributed by atoms with van der Waals surface area (Å²) in [5, 5.41) is 2.99. The summed E-state index contributed by atoms with van der Waals surface area (Å²) in [4.78, 5) is 17.6. The average molecular weight is 368 g/mol. The molecule has 0 aliphatic heterocycles. The monoisotopic (exact) mass is 368 g/mol. The lowest BCUT2D eigenvalue weighted by molar-refractivity contribution is -0.886. The zero-order valence-electron chi connectivity index (χ0n) is 15.7. The smallest absolute Gasteiger partial charge is 0.279 e. The number of nitrogens with one attached hydrogen (secondary N) is 2. The first-order chi connectivity index (χ1) is 12.9. The molecule has 0 saturated heterocycles. The molecule has 0 radical (unpaired) electrons. The van der Waals surface area contributed by atoms with Crippen LogP contribution in [0.1, 0.15) is 17.0 Å². The van der Waals surface area contributed by atoms with Crippen LogP contribution in [0.5, 0.6) is 0 Å². The lowest BCUT2D eigenvalue weighted by Gasteiger charge is -2.14. The Hall–Kier alpha value is -2.99. The van der Waals surface area contributed by atoms with Gasteiger partial charge in [-0.2, -0.15) is 0 Å². The van der Waals surface area contributed by atoms with Crippen molar-refractivity contribution < 1.29 is 18.5 Å². The summed E-state index contributed by atoms with van der Waals surface area (Å²) in [6.45, 7) is 4.72. The van der Waals surface area contributed by atoms with Gasteiger partial charge in [0.25, 0.3) is 11.8 Å². The van der Waals surface area contributed by atoms with Crippen LogP contribution in [0.15, 0.2) is 53.1 Å². The zero-order valence-corrected chi connectivity index (χ0v) is 15.7. The molecule has 3 aromatic rings. The molecule has 0 aliphatic carbocycles. The van der Waals surface area contributed by atoms with E-state index in [1.807, 2.05) is 39.1 Å². The topological polar surface area (TPSA) is 59.6 Å². The molecule has 1 heterocycles. The molecule has 3 rings (SSSR count). The highest BCUT2D eigenvalue weighted by atomic mass is 19.1. The van der Waals surface area contributed by atoms with Crippen molar-refractivity contribution in [2.75, 3.05) is 18.9 Å². The molecule has 0 spiro atoms. The van der Waals surface area contributed by atoms with Crippen LogP contribution in [0.25, 0.3) is 11.3 Å². The Morgan fingerprint density at radius 2 is 1.81 bits per heavy atom. The molecule has 1 atom stereocenters. The molecular formula is C21H23FN3O2+. The van der Waals surface area contributed by atoms with E-state index in [9.17, 15) is 9.18 Å². The van der Waals surface area contributed by atoms with Gasteiger partial charge < -0.3 is 14.6 Å². The Bertz CT molecular complexity index is 915. The van der Waals surface area contributed by atoms with Crippen LogP contribution in [0, 0.1) is 19.7 Å². The number of likely N-dealkylation sites (N-methyl/N-ethyl adjacent to an activating group) is 1. The molecular weight excluding hydrogens is 345 g/mol. The van der Waals surface area contributed by atoms with Crippen LogP contribution in [0.4, 0.5) is 10.1 Å². The van der Waals surface area contributed by atoms with Crippen LogP contribution in [0.3, 0.4) is 0 Å². The molecule has 1 amide bonds. The second-order valence-electron chi connectivity index (χ2n) is 6.75. The van der Waals surface area contributed by atoms with Crippen LogP contribution >= 0.6 is 0 Å². The molecule has 1 aromatic heterocycles. The molecule has 0 fully saturated rings. The maximum atomic E-state index is 13.0. The maximum absolute atomic E-state index is 13.0. The summed E-state index contributed by atoms with van der Waals surface area (Å²) in [5.74, 6) is 0.761. The molecule has 0 aliphatic rings. The van der Waals surface area contributed by atoms with Gasteiger partial charge in [0, 0.05) is 11.3 Å². The van der Waals surface area contributed by atoms with Crippen molar-refractivity contribution in [1.29, 1.82) is 0 Å². The predicted molar refractivity (Wildman–Crippen MR) is 102 cm³/mol. The first-order valence-electron chi connectivity index (χ1n) is 8.80. The summed E-state index contributed by atoms with van der Waals surface area (Å²) in [7, 11) is 1.91. The fourth-order valence-corrected chi connectivity index (χ4v) is 2.93. The van der Waals surface area contributed by atoms with Gasteiger partial charge in [-0.05, 0) is 49.2 Å².